The third kappa shape index (κ3) is 5.52. The molecule has 40 heavy (non-hydrogen) atoms. The highest BCUT2D eigenvalue weighted by molar-refractivity contribution is 5.94. The number of fused-ring (bicyclic) bond motifs is 1. The van der Waals surface area contributed by atoms with Crippen LogP contribution < -0.4 is 5.32 Å². The fourth-order valence-electron chi connectivity index (χ4n) is 5.18. The number of hydrogen-bond donors (Lipinski definition) is 1. The average molecular weight is 545 g/mol. The van der Waals surface area contributed by atoms with Crippen molar-refractivity contribution >= 4 is 17.4 Å². The largest absolute Gasteiger partial charge is 0.378 e. The van der Waals surface area contributed by atoms with Crippen LogP contribution in [0.2, 0.25) is 0 Å². The normalized spacial score (nSPS) is 19.6. The first kappa shape index (κ1) is 22.8. The fourth-order valence-corrected chi connectivity index (χ4v) is 5.18. The molecule has 0 spiro atoms. The third-order valence-corrected chi connectivity index (χ3v) is 7.55. The minimum atomic E-state index is -2.36. The van der Waals surface area contributed by atoms with Crippen LogP contribution in [0.4, 0.5) is 11.6 Å². The first-order valence-corrected chi connectivity index (χ1v) is 13.5. The van der Waals surface area contributed by atoms with Gasteiger partial charge in [0.2, 0.25) is 5.95 Å². The molecule has 5 heterocycles. The van der Waals surface area contributed by atoms with E-state index in [1.807, 2.05) is 32.9 Å². The topological polar surface area (TPSA) is 116 Å². The number of anilines is 2. The number of ether oxygens (including phenoxy) is 1. The van der Waals surface area contributed by atoms with Crippen molar-refractivity contribution < 1.29 is 13.6 Å². The van der Waals surface area contributed by atoms with Crippen LogP contribution >= 0.6 is 0 Å². The Hall–Kier alpha value is -3.96. The van der Waals surface area contributed by atoms with Gasteiger partial charge in [-0.25, -0.2) is 14.6 Å². The number of carbonyl (C=O) groups is 1. The Labute approximate surface area is 237 Å². The van der Waals surface area contributed by atoms with E-state index < -0.39 is 6.98 Å². The van der Waals surface area contributed by atoms with Gasteiger partial charge in [0, 0.05) is 42.0 Å². The molecule has 1 atom stereocenters. The number of carbonyl (C=O) groups excluding carboxylic acids is 1. The maximum Gasteiger partial charge on any atom is 0.227 e. The summed E-state index contributed by atoms with van der Waals surface area (Å²) in [5.74, 6) is 0.363. The summed E-state index contributed by atoms with van der Waals surface area (Å²) >= 11 is 0. The molecule has 0 amide bonds. The van der Waals surface area contributed by atoms with E-state index in [0.29, 0.717) is 43.0 Å². The predicted octanol–water partition coefficient (Wildman–Crippen LogP) is 3.93. The Morgan fingerprint density at radius 3 is 2.83 bits per heavy atom. The predicted molar refractivity (Wildman–Crippen MR) is 150 cm³/mol. The van der Waals surface area contributed by atoms with Crippen molar-refractivity contribution in [1.82, 2.24) is 39.6 Å². The van der Waals surface area contributed by atoms with Gasteiger partial charge in [-0.3, -0.25) is 14.4 Å². The second kappa shape index (κ2) is 10.5. The van der Waals surface area contributed by atoms with Gasteiger partial charge in [-0.05, 0) is 62.9 Å². The van der Waals surface area contributed by atoms with Crippen LogP contribution in [0.15, 0.2) is 49.1 Å². The van der Waals surface area contributed by atoms with E-state index in [0.717, 1.165) is 46.6 Å². The molecular formula is C29H35N9O2. The highest BCUT2D eigenvalue weighted by Gasteiger charge is 2.32. The zero-order chi connectivity index (χ0) is 30.4. The molecule has 1 saturated heterocycles. The van der Waals surface area contributed by atoms with Crippen molar-refractivity contribution in [2.45, 2.75) is 57.7 Å². The number of nitrogens with zero attached hydrogens (tertiary/aromatic N) is 8. The lowest BCUT2D eigenvalue weighted by molar-refractivity contribution is -0.0677. The lowest BCUT2D eigenvalue weighted by Crippen LogP contribution is -2.48. The SMILES string of the molecule is [2H]C([2H])([2H])n1cc(Nc2nccc(-c3ccc4c(c3)CN(C3COC3)CC[C@H]4CC(=O)c3cn(C(C)(C)C)nn3)n2)cn1. The van der Waals surface area contributed by atoms with E-state index in [1.54, 1.807) is 17.1 Å². The molecule has 4 aromatic rings. The number of nitrogens with one attached hydrogen (secondary N) is 1. The average Bonchev–Trinajstić information content (AvgIpc) is 3.57. The van der Waals surface area contributed by atoms with E-state index in [-0.39, 0.29) is 17.2 Å². The lowest BCUT2D eigenvalue weighted by atomic mass is 9.87. The summed E-state index contributed by atoms with van der Waals surface area (Å²) in [6, 6.07) is 8.51. The molecule has 0 aliphatic carbocycles. The highest BCUT2D eigenvalue weighted by Crippen LogP contribution is 2.36. The van der Waals surface area contributed by atoms with Crippen molar-refractivity contribution in [3.8, 4) is 11.3 Å². The second-order valence-corrected chi connectivity index (χ2v) is 11.5. The van der Waals surface area contributed by atoms with Gasteiger partial charge in [0.15, 0.2) is 5.78 Å². The van der Waals surface area contributed by atoms with Crippen LogP contribution in [0.3, 0.4) is 0 Å². The van der Waals surface area contributed by atoms with Gasteiger partial charge >= 0.3 is 0 Å². The quantitative estimate of drug-likeness (QED) is 0.346. The molecule has 1 aromatic carbocycles. The Morgan fingerprint density at radius 1 is 1.23 bits per heavy atom. The zero-order valence-electron chi connectivity index (χ0n) is 25.9. The van der Waals surface area contributed by atoms with Crippen LogP contribution in [0.5, 0.6) is 0 Å². The van der Waals surface area contributed by atoms with Crippen LogP contribution in [-0.4, -0.2) is 71.2 Å². The first-order chi connectivity index (χ1) is 20.4. The monoisotopic (exact) mass is 544 g/mol. The summed E-state index contributed by atoms with van der Waals surface area (Å²) in [5, 5.41) is 15.3. The summed E-state index contributed by atoms with van der Waals surface area (Å²) in [6.07, 6.45) is 7.44. The van der Waals surface area contributed by atoms with E-state index in [9.17, 15) is 4.79 Å². The van der Waals surface area contributed by atoms with Gasteiger partial charge in [0.25, 0.3) is 0 Å². The summed E-state index contributed by atoms with van der Waals surface area (Å²) in [4.78, 5) is 24.8. The summed E-state index contributed by atoms with van der Waals surface area (Å²) in [6.45, 7) is 6.78. The molecule has 6 rings (SSSR count). The van der Waals surface area contributed by atoms with E-state index in [4.69, 9.17) is 8.85 Å². The molecule has 2 aliphatic heterocycles. The molecule has 1 fully saturated rings. The second-order valence-electron chi connectivity index (χ2n) is 11.5. The molecule has 0 bridgehead atoms. The van der Waals surface area contributed by atoms with E-state index >= 15 is 0 Å². The van der Waals surface area contributed by atoms with Crippen LogP contribution in [0.25, 0.3) is 11.3 Å². The van der Waals surface area contributed by atoms with Crippen molar-refractivity contribution in [2.75, 3.05) is 25.1 Å². The Kier molecular flexibility index (Phi) is 6.02. The third-order valence-electron chi connectivity index (χ3n) is 7.55. The molecule has 11 heteroatoms. The zero-order valence-corrected chi connectivity index (χ0v) is 22.9. The maximum absolute atomic E-state index is 13.4. The molecule has 0 saturated carbocycles. The standard InChI is InChI=1S/C29H35N9O2/c1-29(2,3)38-16-26(34-35-38)27(39)12-19-8-10-37(23-17-40-18-23)14-21-11-20(5-6-24(19)21)25-7-9-30-28(33-25)32-22-13-31-36(4)15-22/h5-7,9,11,13,15-16,19,23H,8,10,12,14,17-18H2,1-4H3,(H,30,32,33)/t19-/m0/s1/i4D3. The van der Waals surface area contributed by atoms with Crippen molar-refractivity contribution in [2.24, 2.45) is 6.98 Å². The lowest BCUT2D eigenvalue weighted by Gasteiger charge is -2.36. The number of aryl methyl sites for hydroxylation is 1. The van der Waals surface area contributed by atoms with Crippen LogP contribution in [0, 0.1) is 0 Å². The van der Waals surface area contributed by atoms with Gasteiger partial charge in [-0.1, -0.05) is 17.3 Å². The van der Waals surface area contributed by atoms with E-state index in [2.05, 4.69) is 47.7 Å². The van der Waals surface area contributed by atoms with Crippen molar-refractivity contribution in [3.63, 3.8) is 0 Å². The maximum atomic E-state index is 13.4. The van der Waals surface area contributed by atoms with Gasteiger partial charge in [0.05, 0.1) is 48.6 Å². The summed E-state index contributed by atoms with van der Waals surface area (Å²) < 4.78 is 30.7. The molecule has 11 nitrogen and oxygen atoms in total. The highest BCUT2D eigenvalue weighted by atomic mass is 16.5. The Morgan fingerprint density at radius 2 is 2.10 bits per heavy atom. The number of Topliss-reactive ketones (excluding diaryl/α,β-unsaturated/α-hetero) is 1. The van der Waals surface area contributed by atoms with E-state index in [1.165, 1.54) is 12.4 Å². The summed E-state index contributed by atoms with van der Waals surface area (Å²) in [7, 11) is 0. The first-order valence-electron chi connectivity index (χ1n) is 15.0. The summed E-state index contributed by atoms with van der Waals surface area (Å²) in [5.41, 5.74) is 4.58. The van der Waals surface area contributed by atoms with Gasteiger partial charge in [0.1, 0.15) is 5.69 Å². The molecule has 2 aliphatic rings. The number of benzene rings is 1. The molecule has 0 radical (unpaired) electrons. The van der Waals surface area contributed by atoms with Crippen LogP contribution in [-0.2, 0) is 23.8 Å². The van der Waals surface area contributed by atoms with Crippen molar-refractivity contribution in [3.05, 3.63) is 65.9 Å². The number of ketones is 1. The number of hydrogen-bond acceptors (Lipinski definition) is 9. The minimum absolute atomic E-state index is 0.00992. The molecule has 208 valence electrons. The molecule has 3 aromatic heterocycles. The minimum Gasteiger partial charge on any atom is -0.378 e. The number of rotatable bonds is 7. The smallest absolute Gasteiger partial charge is 0.227 e. The van der Waals surface area contributed by atoms with Gasteiger partial charge in [-0.15, -0.1) is 5.10 Å². The van der Waals surface area contributed by atoms with Gasteiger partial charge < -0.3 is 10.1 Å². The van der Waals surface area contributed by atoms with Crippen LogP contribution in [0.1, 0.15) is 65.3 Å². The molecular weight excluding hydrogens is 506 g/mol. The number of aromatic nitrogens is 7. The molecule has 1 N–H and O–H groups in total. The van der Waals surface area contributed by atoms with Crippen molar-refractivity contribution in [1.29, 1.82) is 0 Å². The van der Waals surface area contributed by atoms with Gasteiger partial charge in [-0.2, -0.15) is 5.10 Å². The Balaban J connectivity index is 1.26. The fraction of sp³-hybridized carbons (Fsp3) is 0.448. The Bertz CT molecular complexity index is 1620. The molecule has 0 unspecified atom stereocenters.